The fourth-order valence-electron chi connectivity index (χ4n) is 3.67. The lowest BCUT2D eigenvalue weighted by atomic mass is 10.1. The molecular formula is C24H21ClFN3O3. The number of pyridine rings is 1. The Balaban J connectivity index is 1.71. The highest BCUT2D eigenvalue weighted by atomic mass is 35.5. The molecule has 0 atom stereocenters. The smallest absolute Gasteiger partial charge is 0.201 e. The fourth-order valence-corrected chi connectivity index (χ4v) is 3.92. The van der Waals surface area contributed by atoms with E-state index in [0.29, 0.717) is 47.8 Å². The van der Waals surface area contributed by atoms with E-state index >= 15 is 0 Å². The average molecular weight is 454 g/mol. The normalized spacial score (nSPS) is 12.9. The Bertz CT molecular complexity index is 1290. The van der Waals surface area contributed by atoms with Crippen LogP contribution in [0.25, 0.3) is 16.9 Å². The van der Waals surface area contributed by atoms with Crippen molar-refractivity contribution in [1.82, 2.24) is 9.38 Å². The summed E-state index contributed by atoms with van der Waals surface area (Å²) < 4.78 is 34.0. The van der Waals surface area contributed by atoms with Crippen LogP contribution in [-0.4, -0.2) is 28.7 Å². The number of ether oxygens (including phenoxy) is 3. The second kappa shape index (κ2) is 8.24. The third-order valence-electron chi connectivity index (χ3n) is 4.97. The zero-order valence-electron chi connectivity index (χ0n) is 17.6. The van der Waals surface area contributed by atoms with Crippen LogP contribution in [0.2, 0.25) is 5.02 Å². The molecule has 0 radical (unpaired) electrons. The topological polar surface area (TPSA) is 57.0 Å². The molecule has 0 amide bonds. The first-order chi connectivity index (χ1) is 15.5. The first-order valence-electron chi connectivity index (χ1n) is 10.3. The van der Waals surface area contributed by atoms with E-state index < -0.39 is 5.82 Å². The molecule has 6 nitrogen and oxygen atoms in total. The lowest BCUT2D eigenvalue weighted by molar-refractivity contribution is 0.171. The predicted octanol–water partition coefficient (Wildman–Crippen LogP) is 6.10. The summed E-state index contributed by atoms with van der Waals surface area (Å²) in [4.78, 5) is 4.70. The van der Waals surface area contributed by atoms with Crippen molar-refractivity contribution in [1.29, 1.82) is 0 Å². The molecule has 2 aromatic carbocycles. The van der Waals surface area contributed by atoms with Gasteiger partial charge in [-0.2, -0.15) is 0 Å². The van der Waals surface area contributed by atoms with Gasteiger partial charge in [0.05, 0.1) is 16.7 Å². The van der Waals surface area contributed by atoms with E-state index in [1.807, 2.05) is 54.6 Å². The van der Waals surface area contributed by atoms with Gasteiger partial charge in [0, 0.05) is 11.8 Å². The summed E-state index contributed by atoms with van der Waals surface area (Å²) in [6.45, 7) is 4.88. The number of aromatic nitrogens is 2. The van der Waals surface area contributed by atoms with Crippen molar-refractivity contribution in [3.05, 3.63) is 65.4 Å². The summed E-state index contributed by atoms with van der Waals surface area (Å²) in [6, 6.07) is 15.6. The summed E-state index contributed by atoms with van der Waals surface area (Å²) in [5.74, 6) is 1.96. The number of nitrogens with one attached hydrogen (secondary N) is 1. The maximum atomic E-state index is 14.9. The lowest BCUT2D eigenvalue weighted by Crippen LogP contribution is -2.15. The Hall–Kier alpha value is -3.45. The highest BCUT2D eigenvalue weighted by molar-refractivity contribution is 6.33. The molecule has 0 saturated heterocycles. The largest absolute Gasteiger partial charge is 0.486 e. The predicted molar refractivity (Wildman–Crippen MR) is 122 cm³/mol. The van der Waals surface area contributed by atoms with Crippen LogP contribution in [0.4, 0.5) is 15.9 Å². The Labute approximate surface area is 189 Å². The molecule has 0 bridgehead atoms. The van der Waals surface area contributed by atoms with Gasteiger partial charge in [0.2, 0.25) is 5.88 Å². The molecule has 0 aliphatic carbocycles. The van der Waals surface area contributed by atoms with Crippen molar-refractivity contribution in [2.45, 2.75) is 20.0 Å². The van der Waals surface area contributed by atoms with Gasteiger partial charge in [0.25, 0.3) is 0 Å². The Kier molecular flexibility index (Phi) is 5.27. The number of benzene rings is 2. The quantitative estimate of drug-likeness (QED) is 0.396. The summed E-state index contributed by atoms with van der Waals surface area (Å²) >= 11 is 6.40. The molecule has 1 aliphatic heterocycles. The second-order valence-electron chi connectivity index (χ2n) is 7.61. The van der Waals surface area contributed by atoms with Gasteiger partial charge >= 0.3 is 0 Å². The molecule has 2 aromatic heterocycles. The molecule has 8 heteroatoms. The molecule has 5 rings (SSSR count). The third-order valence-corrected chi connectivity index (χ3v) is 5.28. The van der Waals surface area contributed by atoms with Crippen LogP contribution >= 0.6 is 11.6 Å². The molecule has 4 aromatic rings. The van der Waals surface area contributed by atoms with Crippen LogP contribution in [0.1, 0.15) is 13.8 Å². The van der Waals surface area contributed by atoms with E-state index in [1.54, 1.807) is 12.1 Å². The average Bonchev–Trinajstić information content (AvgIpc) is 3.12. The maximum absolute atomic E-state index is 14.9. The van der Waals surface area contributed by atoms with Crippen LogP contribution in [0.5, 0.6) is 17.4 Å². The van der Waals surface area contributed by atoms with E-state index in [0.717, 1.165) is 5.69 Å². The lowest BCUT2D eigenvalue weighted by Gasteiger charge is -2.20. The number of hydrogen-bond donors (Lipinski definition) is 1. The molecule has 0 saturated carbocycles. The maximum Gasteiger partial charge on any atom is 0.201 e. The highest BCUT2D eigenvalue weighted by Crippen LogP contribution is 2.40. The van der Waals surface area contributed by atoms with Crippen molar-refractivity contribution in [2.75, 3.05) is 18.5 Å². The molecule has 1 aliphatic rings. The molecule has 0 spiro atoms. The number of fused-ring (bicyclic) bond motifs is 2. The molecule has 3 heterocycles. The SMILES string of the molecule is CC(C)Oc1cccc2nc(-c3c(F)cccc3Cl)c(Nc3ccc4c(c3)OCCO4)n12. The number of rotatable bonds is 5. The minimum absolute atomic E-state index is 0.0642. The van der Waals surface area contributed by atoms with Crippen LogP contribution in [0, 0.1) is 5.82 Å². The van der Waals surface area contributed by atoms with Gasteiger partial charge in [-0.3, -0.25) is 0 Å². The van der Waals surface area contributed by atoms with Crippen molar-refractivity contribution in [3.8, 4) is 28.6 Å². The zero-order valence-corrected chi connectivity index (χ0v) is 18.3. The van der Waals surface area contributed by atoms with Crippen LogP contribution in [0.3, 0.4) is 0 Å². The number of nitrogens with zero attached hydrogens (tertiary/aromatic N) is 2. The zero-order chi connectivity index (χ0) is 22.2. The summed E-state index contributed by atoms with van der Waals surface area (Å²) in [6.07, 6.45) is -0.0642. The molecular weight excluding hydrogens is 433 g/mol. The minimum Gasteiger partial charge on any atom is -0.486 e. The first kappa shape index (κ1) is 20.5. The molecule has 1 N–H and O–H groups in total. The van der Waals surface area contributed by atoms with Gasteiger partial charge in [-0.05, 0) is 50.2 Å². The molecule has 0 fully saturated rings. The van der Waals surface area contributed by atoms with Gasteiger partial charge in [-0.15, -0.1) is 0 Å². The number of anilines is 2. The van der Waals surface area contributed by atoms with E-state index in [1.165, 1.54) is 6.07 Å². The molecule has 0 unspecified atom stereocenters. The van der Waals surface area contributed by atoms with E-state index in [9.17, 15) is 4.39 Å². The summed E-state index contributed by atoms with van der Waals surface area (Å²) in [5.41, 5.74) is 1.91. The Morgan fingerprint density at radius 1 is 1.06 bits per heavy atom. The van der Waals surface area contributed by atoms with Crippen molar-refractivity contribution >= 4 is 28.8 Å². The Morgan fingerprint density at radius 2 is 1.84 bits per heavy atom. The summed E-state index contributed by atoms with van der Waals surface area (Å²) in [7, 11) is 0. The molecule has 32 heavy (non-hydrogen) atoms. The van der Waals surface area contributed by atoms with Gasteiger partial charge in [0.15, 0.2) is 11.5 Å². The van der Waals surface area contributed by atoms with Gasteiger partial charge in [-0.25, -0.2) is 13.8 Å². The fraction of sp³-hybridized carbons (Fsp3) is 0.208. The van der Waals surface area contributed by atoms with E-state index in [-0.39, 0.29) is 16.7 Å². The summed E-state index contributed by atoms with van der Waals surface area (Å²) in [5, 5.41) is 3.64. The standard InChI is InChI=1S/C24H21ClFN3O3/c1-14(2)32-21-8-4-7-20-28-23(22-16(25)5-3-6-17(22)26)24(29(20)21)27-15-9-10-18-19(13-15)31-12-11-30-18/h3-10,13-14,27H,11-12H2,1-2H3. The van der Waals surface area contributed by atoms with Gasteiger partial charge < -0.3 is 19.5 Å². The van der Waals surface area contributed by atoms with Gasteiger partial charge in [-0.1, -0.05) is 23.7 Å². The Morgan fingerprint density at radius 3 is 2.62 bits per heavy atom. The highest BCUT2D eigenvalue weighted by Gasteiger charge is 2.23. The van der Waals surface area contributed by atoms with Crippen molar-refractivity contribution < 1.29 is 18.6 Å². The molecule has 164 valence electrons. The van der Waals surface area contributed by atoms with Crippen LogP contribution in [0.15, 0.2) is 54.6 Å². The first-order valence-corrected chi connectivity index (χ1v) is 10.7. The van der Waals surface area contributed by atoms with Gasteiger partial charge in [0.1, 0.15) is 36.2 Å². The number of imidazole rings is 1. The van der Waals surface area contributed by atoms with E-state index in [2.05, 4.69) is 5.32 Å². The number of halogens is 2. The minimum atomic E-state index is -0.461. The van der Waals surface area contributed by atoms with Crippen LogP contribution < -0.4 is 19.5 Å². The van der Waals surface area contributed by atoms with Crippen LogP contribution in [-0.2, 0) is 0 Å². The second-order valence-corrected chi connectivity index (χ2v) is 8.02. The number of hydrogen-bond acceptors (Lipinski definition) is 5. The van der Waals surface area contributed by atoms with Crippen molar-refractivity contribution in [2.24, 2.45) is 0 Å². The third kappa shape index (κ3) is 3.69. The monoisotopic (exact) mass is 453 g/mol. The van der Waals surface area contributed by atoms with E-state index in [4.69, 9.17) is 30.8 Å². The van der Waals surface area contributed by atoms with Crippen molar-refractivity contribution in [3.63, 3.8) is 0 Å².